The molecule has 91 valence electrons. The maximum absolute atomic E-state index is 12.6. The summed E-state index contributed by atoms with van der Waals surface area (Å²) in [5.41, 5.74) is 1.62. The fourth-order valence-electron chi connectivity index (χ4n) is 1.09. The Morgan fingerprint density at radius 1 is 1.17 bits per heavy atom. The van der Waals surface area contributed by atoms with Gasteiger partial charge in [0.25, 0.3) is 0 Å². The van der Waals surface area contributed by atoms with Crippen molar-refractivity contribution in [2.75, 3.05) is 0 Å². The van der Waals surface area contributed by atoms with Crippen LogP contribution in [0, 0.1) is 23.7 Å². The second-order valence-corrected chi connectivity index (χ2v) is 2.64. The van der Waals surface area contributed by atoms with Crippen molar-refractivity contribution >= 4 is 6.79 Å². The van der Waals surface area contributed by atoms with Crippen LogP contribution in [0.5, 0.6) is 0 Å². The predicted molar refractivity (Wildman–Crippen MR) is 59.1 cm³/mol. The second-order valence-electron chi connectivity index (χ2n) is 2.64. The molecule has 0 unspecified atom stereocenters. The van der Waals surface area contributed by atoms with Crippen molar-refractivity contribution in [1.82, 2.24) is 4.98 Å². The Morgan fingerprint density at radius 2 is 1.83 bits per heavy atom. The molecule has 1 radical (unpaired) electrons. The third-order valence-corrected chi connectivity index (χ3v) is 1.72. The molecule has 1 aromatic carbocycles. The largest absolute Gasteiger partial charge is 3.00 e. The Kier molecular flexibility index (Phi) is 11.9. The molecule has 2 aromatic rings. The van der Waals surface area contributed by atoms with Gasteiger partial charge in [-0.15, -0.1) is 29.8 Å². The first-order valence-corrected chi connectivity index (χ1v) is 4.38. The number of hydrogen-bond donors (Lipinski definition) is 0. The van der Waals surface area contributed by atoms with E-state index in [0.717, 1.165) is 11.3 Å². The molecule has 3 nitrogen and oxygen atoms in total. The summed E-state index contributed by atoms with van der Waals surface area (Å²) in [7, 11) is 0. The summed E-state index contributed by atoms with van der Waals surface area (Å²) in [5.74, 6) is -0.278. The summed E-state index contributed by atoms with van der Waals surface area (Å²) in [6.45, 7) is 9.25. The standard InChI is InChI=1S/C11H7FN.CN.CO.Ir/c12-10-6-4-9(5-7-10)11-3-1-2-8-13-11;2*1-2;/h1-4,6-8H;;;/q3*-1;+3. The van der Waals surface area contributed by atoms with E-state index in [1.807, 2.05) is 18.2 Å². The number of benzene rings is 1. The van der Waals surface area contributed by atoms with Crippen molar-refractivity contribution in [2.24, 2.45) is 0 Å². The minimum atomic E-state index is -0.278. The molecule has 0 bridgehead atoms. The summed E-state index contributed by atoms with van der Waals surface area (Å²) in [6, 6.07) is 12.8. The zero-order valence-corrected chi connectivity index (χ0v) is 11.5. The molecule has 0 aliphatic heterocycles. The first-order chi connectivity index (χ1) is 8.36. The number of halogens is 1. The molecule has 0 fully saturated rings. The molecule has 0 saturated heterocycles. The normalized spacial score (nSPS) is 7.50. The van der Waals surface area contributed by atoms with Gasteiger partial charge >= 0.3 is 20.1 Å². The zero-order chi connectivity index (χ0) is 13.1. The van der Waals surface area contributed by atoms with Gasteiger partial charge in [0, 0.05) is 12.0 Å². The fraction of sp³-hybridized carbons (Fsp3) is 0. The van der Waals surface area contributed by atoms with E-state index in [-0.39, 0.29) is 25.9 Å². The molecule has 5 heteroatoms. The topological polar surface area (TPSA) is 53.8 Å². The summed E-state index contributed by atoms with van der Waals surface area (Å²) in [5, 5.41) is 6.25. The number of aromatic nitrogens is 1. The van der Waals surface area contributed by atoms with Gasteiger partial charge in [-0.1, -0.05) is 12.1 Å². The zero-order valence-electron chi connectivity index (χ0n) is 9.06. The number of pyridine rings is 1. The maximum atomic E-state index is 12.6. The van der Waals surface area contributed by atoms with Gasteiger partial charge < -0.3 is 28.4 Å². The van der Waals surface area contributed by atoms with Crippen LogP contribution in [-0.4, -0.2) is 11.8 Å². The first kappa shape index (κ1) is 18.5. The van der Waals surface area contributed by atoms with Crippen molar-refractivity contribution < 1.29 is 29.3 Å². The average molecular weight is 418 g/mol. The van der Waals surface area contributed by atoms with E-state index >= 15 is 0 Å². The van der Waals surface area contributed by atoms with E-state index in [9.17, 15) is 4.39 Å². The van der Waals surface area contributed by atoms with E-state index in [1.165, 1.54) is 12.1 Å². The van der Waals surface area contributed by atoms with Crippen LogP contribution in [0.1, 0.15) is 0 Å². The van der Waals surface area contributed by atoms with Crippen molar-refractivity contribution in [3.63, 3.8) is 0 Å². The Hall–Kier alpha value is -1.89. The Balaban J connectivity index is 0. The van der Waals surface area contributed by atoms with Gasteiger partial charge in [-0.2, -0.15) is 0 Å². The fourth-order valence-corrected chi connectivity index (χ4v) is 1.09. The number of rotatable bonds is 1. The van der Waals surface area contributed by atoms with Crippen LogP contribution in [0.3, 0.4) is 0 Å². The molecule has 0 atom stereocenters. The molecule has 0 spiro atoms. The van der Waals surface area contributed by atoms with Crippen LogP contribution in [0.2, 0.25) is 0 Å². The van der Waals surface area contributed by atoms with Crippen LogP contribution in [0.4, 0.5) is 4.39 Å². The van der Waals surface area contributed by atoms with Gasteiger partial charge in [0.15, 0.2) is 0 Å². The molecule has 0 amide bonds. The minimum Gasteiger partial charge on any atom is -0.573 e. The smallest absolute Gasteiger partial charge is 0.573 e. The predicted octanol–water partition coefficient (Wildman–Crippen LogP) is 2.38. The van der Waals surface area contributed by atoms with Gasteiger partial charge in [-0.3, -0.25) is 4.39 Å². The number of carbonyl (C=O) groups excluding carboxylic acids is 1. The SMILES string of the molecule is Fc1c[c-]c(-c2ccccn2)cc1.[C-]#N.[C-]=O.[Ir+3]. The summed E-state index contributed by atoms with van der Waals surface area (Å²) >= 11 is 0. The molecule has 0 aliphatic carbocycles. The van der Waals surface area contributed by atoms with Crippen LogP contribution in [0.25, 0.3) is 11.3 Å². The molecule has 18 heavy (non-hydrogen) atoms. The van der Waals surface area contributed by atoms with E-state index in [0.29, 0.717) is 0 Å². The Labute approximate surface area is 119 Å². The maximum Gasteiger partial charge on any atom is 3.00 e. The van der Waals surface area contributed by atoms with Gasteiger partial charge in [-0.05, 0) is 11.8 Å². The molecule has 0 N–H and O–H groups in total. The number of hydrogen-bond acceptors (Lipinski definition) is 3. The monoisotopic (exact) mass is 419 g/mol. The van der Waals surface area contributed by atoms with Crippen molar-refractivity contribution in [3.8, 4) is 11.3 Å². The first-order valence-electron chi connectivity index (χ1n) is 4.38. The average Bonchev–Trinajstić information content (AvgIpc) is 2.45. The second kappa shape index (κ2) is 11.6. The van der Waals surface area contributed by atoms with E-state index in [1.54, 1.807) is 12.3 Å². The van der Waals surface area contributed by atoms with Crippen LogP contribution >= 0.6 is 0 Å². The van der Waals surface area contributed by atoms with Crippen LogP contribution < -0.4 is 0 Å². The van der Waals surface area contributed by atoms with E-state index in [4.69, 9.17) is 16.6 Å². The van der Waals surface area contributed by atoms with Crippen molar-refractivity contribution in [3.05, 3.63) is 61.1 Å². The third kappa shape index (κ3) is 6.00. The molecule has 0 aliphatic rings. The van der Waals surface area contributed by atoms with E-state index < -0.39 is 0 Å². The minimum absolute atomic E-state index is 0. The van der Waals surface area contributed by atoms with Gasteiger partial charge in [-0.25, -0.2) is 0 Å². The molecular formula is C13H7FIrN2O. The number of nitrogens with zero attached hydrogens (tertiary/aromatic N) is 2. The van der Waals surface area contributed by atoms with Crippen LogP contribution in [-0.2, 0) is 24.9 Å². The molecule has 2 rings (SSSR count). The molecule has 0 saturated carbocycles. The molecule has 1 heterocycles. The van der Waals surface area contributed by atoms with Gasteiger partial charge in [0.05, 0.1) is 0 Å². The Morgan fingerprint density at radius 3 is 2.28 bits per heavy atom. The van der Waals surface area contributed by atoms with Crippen molar-refractivity contribution in [1.29, 1.82) is 5.26 Å². The summed E-state index contributed by atoms with van der Waals surface area (Å²) in [6.07, 6.45) is 1.70. The third-order valence-electron chi connectivity index (χ3n) is 1.72. The summed E-state index contributed by atoms with van der Waals surface area (Å²) < 4.78 is 12.6. The van der Waals surface area contributed by atoms with Crippen molar-refractivity contribution in [2.45, 2.75) is 0 Å². The molecule has 1 aromatic heterocycles. The van der Waals surface area contributed by atoms with Gasteiger partial charge in [0.2, 0.25) is 0 Å². The Bertz CT molecular complexity index is 446. The van der Waals surface area contributed by atoms with E-state index in [2.05, 4.69) is 17.8 Å². The quantitative estimate of drug-likeness (QED) is 0.669. The van der Waals surface area contributed by atoms with Crippen LogP contribution in [0.15, 0.2) is 42.6 Å². The van der Waals surface area contributed by atoms with Gasteiger partial charge in [0.1, 0.15) is 0 Å². The summed E-state index contributed by atoms with van der Waals surface area (Å²) in [4.78, 5) is 11.6. The molecular weight excluding hydrogens is 411 g/mol.